The van der Waals surface area contributed by atoms with E-state index in [4.69, 9.17) is 5.73 Å². The smallest absolute Gasteiger partial charge is 0.251 e. The highest BCUT2D eigenvalue weighted by Crippen LogP contribution is 2.52. The standard InChI is InChI=1S/C7H11F2N/c8-7(9)3-4-1-5(7)2-6(4)10/h4-6H,1-3,10H2/t4-,5-,6-/m0/s1. The van der Waals surface area contributed by atoms with Gasteiger partial charge in [0.1, 0.15) is 0 Å². The normalized spacial score (nSPS) is 50.1. The average Bonchev–Trinajstić information content (AvgIpc) is 2.21. The SMILES string of the molecule is N[C@H]1C[C@@H]2C[C@H]1CC2(F)F. The average molecular weight is 147 g/mol. The van der Waals surface area contributed by atoms with Crippen molar-refractivity contribution in [1.29, 1.82) is 0 Å². The second-order valence-electron chi connectivity index (χ2n) is 3.56. The topological polar surface area (TPSA) is 26.0 Å². The van der Waals surface area contributed by atoms with Crippen molar-refractivity contribution < 1.29 is 8.78 Å². The van der Waals surface area contributed by atoms with Gasteiger partial charge < -0.3 is 5.73 Å². The van der Waals surface area contributed by atoms with E-state index in [0.29, 0.717) is 12.8 Å². The van der Waals surface area contributed by atoms with Crippen LogP contribution in [0, 0.1) is 11.8 Å². The van der Waals surface area contributed by atoms with Crippen LogP contribution < -0.4 is 5.73 Å². The van der Waals surface area contributed by atoms with E-state index in [0.717, 1.165) is 0 Å². The third-order valence-electron chi connectivity index (χ3n) is 2.88. The van der Waals surface area contributed by atoms with E-state index in [1.54, 1.807) is 0 Å². The highest BCUT2D eigenvalue weighted by atomic mass is 19.3. The Hall–Kier alpha value is -0.180. The van der Waals surface area contributed by atoms with E-state index in [2.05, 4.69) is 0 Å². The van der Waals surface area contributed by atoms with Crippen LogP contribution in [0.15, 0.2) is 0 Å². The molecule has 2 bridgehead atoms. The molecular formula is C7H11F2N. The number of rotatable bonds is 0. The van der Waals surface area contributed by atoms with Gasteiger partial charge in [0.2, 0.25) is 0 Å². The van der Waals surface area contributed by atoms with Crippen LogP contribution in [-0.2, 0) is 0 Å². The molecule has 0 heterocycles. The van der Waals surface area contributed by atoms with Gasteiger partial charge in [0, 0.05) is 18.4 Å². The first kappa shape index (κ1) is 6.53. The van der Waals surface area contributed by atoms with Gasteiger partial charge in [0.05, 0.1) is 0 Å². The van der Waals surface area contributed by atoms with Crippen molar-refractivity contribution >= 4 is 0 Å². The van der Waals surface area contributed by atoms with Crippen molar-refractivity contribution in [2.24, 2.45) is 17.6 Å². The van der Waals surface area contributed by atoms with Gasteiger partial charge in [-0.1, -0.05) is 0 Å². The van der Waals surface area contributed by atoms with Gasteiger partial charge in [-0.2, -0.15) is 0 Å². The summed E-state index contributed by atoms with van der Waals surface area (Å²) in [6.07, 6.45) is 1.24. The zero-order valence-corrected chi connectivity index (χ0v) is 5.69. The number of fused-ring (bicyclic) bond motifs is 2. The molecule has 2 fully saturated rings. The number of hydrogen-bond donors (Lipinski definition) is 1. The van der Waals surface area contributed by atoms with E-state index < -0.39 is 11.8 Å². The summed E-state index contributed by atoms with van der Waals surface area (Å²) in [6.45, 7) is 0. The second-order valence-corrected chi connectivity index (χ2v) is 3.56. The van der Waals surface area contributed by atoms with E-state index in [9.17, 15) is 8.78 Å². The summed E-state index contributed by atoms with van der Waals surface area (Å²) in [4.78, 5) is 0. The molecule has 1 nitrogen and oxygen atoms in total. The molecule has 0 aliphatic heterocycles. The molecule has 0 saturated heterocycles. The van der Waals surface area contributed by atoms with Gasteiger partial charge >= 0.3 is 0 Å². The maximum Gasteiger partial charge on any atom is 0.251 e. The lowest BCUT2D eigenvalue weighted by Gasteiger charge is -2.24. The quantitative estimate of drug-likeness (QED) is 0.550. The predicted molar refractivity (Wildman–Crippen MR) is 33.8 cm³/mol. The lowest BCUT2D eigenvalue weighted by atomic mass is 9.93. The predicted octanol–water partition coefficient (Wildman–Crippen LogP) is 1.38. The molecule has 3 atom stereocenters. The molecule has 0 amide bonds. The van der Waals surface area contributed by atoms with Crippen molar-refractivity contribution in [3.8, 4) is 0 Å². The zero-order chi connectivity index (χ0) is 7.35. The monoisotopic (exact) mass is 147 g/mol. The van der Waals surface area contributed by atoms with Crippen LogP contribution in [0.25, 0.3) is 0 Å². The second kappa shape index (κ2) is 1.70. The fraction of sp³-hybridized carbons (Fsp3) is 1.00. The summed E-state index contributed by atoms with van der Waals surface area (Å²) in [5, 5.41) is 0. The van der Waals surface area contributed by atoms with Gasteiger partial charge in [0.25, 0.3) is 5.92 Å². The maximum absolute atomic E-state index is 12.8. The van der Waals surface area contributed by atoms with Crippen molar-refractivity contribution in [2.45, 2.75) is 31.2 Å². The molecular weight excluding hydrogens is 136 g/mol. The van der Waals surface area contributed by atoms with E-state index >= 15 is 0 Å². The Kier molecular flexibility index (Phi) is 1.11. The van der Waals surface area contributed by atoms with E-state index in [1.165, 1.54) is 0 Å². The first-order chi connectivity index (χ1) is 4.59. The first-order valence-electron chi connectivity index (χ1n) is 3.73. The zero-order valence-electron chi connectivity index (χ0n) is 5.69. The fourth-order valence-electron chi connectivity index (χ4n) is 2.25. The summed E-state index contributed by atoms with van der Waals surface area (Å²) in [6, 6.07) is 0.0598. The van der Waals surface area contributed by atoms with Crippen molar-refractivity contribution in [3.05, 3.63) is 0 Å². The van der Waals surface area contributed by atoms with Gasteiger partial charge in [-0.25, -0.2) is 8.78 Å². The molecule has 3 heteroatoms. The van der Waals surface area contributed by atoms with Crippen LogP contribution in [0.2, 0.25) is 0 Å². The van der Waals surface area contributed by atoms with Crippen LogP contribution in [0.1, 0.15) is 19.3 Å². The molecule has 0 aromatic carbocycles. The summed E-state index contributed by atoms with van der Waals surface area (Å²) >= 11 is 0. The molecule has 2 N–H and O–H groups in total. The summed E-state index contributed by atoms with van der Waals surface area (Å²) in [5.41, 5.74) is 5.61. The van der Waals surface area contributed by atoms with Crippen LogP contribution in [0.5, 0.6) is 0 Å². The van der Waals surface area contributed by atoms with Gasteiger partial charge in [0.15, 0.2) is 0 Å². The molecule has 2 aliphatic carbocycles. The van der Waals surface area contributed by atoms with Gasteiger partial charge in [-0.15, -0.1) is 0 Å². The number of hydrogen-bond acceptors (Lipinski definition) is 1. The van der Waals surface area contributed by atoms with Crippen molar-refractivity contribution in [1.82, 2.24) is 0 Å². The fourth-order valence-corrected chi connectivity index (χ4v) is 2.25. The Balaban J connectivity index is 2.16. The first-order valence-corrected chi connectivity index (χ1v) is 3.73. The Morgan fingerprint density at radius 2 is 2.00 bits per heavy atom. The molecule has 58 valence electrons. The molecule has 0 aromatic heterocycles. The Labute approximate surface area is 58.6 Å². The van der Waals surface area contributed by atoms with Gasteiger partial charge in [-0.05, 0) is 18.8 Å². The summed E-state index contributed by atoms with van der Waals surface area (Å²) < 4.78 is 25.5. The molecule has 0 spiro atoms. The largest absolute Gasteiger partial charge is 0.327 e. The minimum absolute atomic E-state index is 0.0405. The molecule has 2 rings (SSSR count). The van der Waals surface area contributed by atoms with Crippen LogP contribution in [0.4, 0.5) is 8.78 Å². The van der Waals surface area contributed by atoms with Crippen molar-refractivity contribution in [3.63, 3.8) is 0 Å². The highest BCUT2D eigenvalue weighted by molar-refractivity contribution is 5.01. The maximum atomic E-state index is 12.8. The Bertz CT molecular complexity index is 156. The number of nitrogens with two attached hydrogens (primary N) is 1. The van der Waals surface area contributed by atoms with E-state index in [1.807, 2.05) is 0 Å². The molecule has 2 aliphatic rings. The highest BCUT2D eigenvalue weighted by Gasteiger charge is 2.55. The molecule has 0 aromatic rings. The Morgan fingerprint density at radius 1 is 1.30 bits per heavy atom. The molecule has 2 saturated carbocycles. The molecule has 0 radical (unpaired) electrons. The lowest BCUT2D eigenvalue weighted by Crippen LogP contribution is -2.35. The van der Waals surface area contributed by atoms with Crippen LogP contribution >= 0.6 is 0 Å². The minimum Gasteiger partial charge on any atom is -0.327 e. The summed E-state index contributed by atoms with van der Waals surface area (Å²) in [7, 11) is 0. The Morgan fingerprint density at radius 3 is 2.30 bits per heavy atom. The van der Waals surface area contributed by atoms with Crippen LogP contribution in [-0.4, -0.2) is 12.0 Å². The third-order valence-corrected chi connectivity index (χ3v) is 2.88. The molecule has 10 heavy (non-hydrogen) atoms. The summed E-state index contributed by atoms with van der Waals surface area (Å²) in [5.74, 6) is -2.67. The minimum atomic E-state index is -2.39. The molecule has 0 unspecified atom stereocenters. The lowest BCUT2D eigenvalue weighted by molar-refractivity contribution is -0.0542. The number of halogens is 2. The number of alkyl halides is 2. The van der Waals surface area contributed by atoms with E-state index in [-0.39, 0.29) is 18.4 Å². The van der Waals surface area contributed by atoms with Gasteiger partial charge in [-0.3, -0.25) is 0 Å². The van der Waals surface area contributed by atoms with Crippen LogP contribution in [0.3, 0.4) is 0 Å². The third kappa shape index (κ3) is 0.698. The van der Waals surface area contributed by atoms with Crippen molar-refractivity contribution in [2.75, 3.05) is 0 Å².